The van der Waals surface area contributed by atoms with Crippen LogP contribution in [-0.2, 0) is 14.3 Å². The smallest absolute Gasteiger partial charge is 0.240 e. The summed E-state index contributed by atoms with van der Waals surface area (Å²) in [5, 5.41) is 11.4. The molecule has 6 heteroatoms. The summed E-state index contributed by atoms with van der Waals surface area (Å²) in [5.74, 6) is 0.549. The zero-order valence-electron chi connectivity index (χ0n) is 15.0. The fourth-order valence-corrected chi connectivity index (χ4v) is 4.65. The molecular formula is C19H29N3O3. The maximum Gasteiger partial charge on any atom is 0.240 e. The largest absolute Gasteiger partial charge is 0.378 e. The molecule has 2 saturated carbocycles. The van der Waals surface area contributed by atoms with Crippen LogP contribution in [0.25, 0.3) is 0 Å². The number of nitrogens with zero attached hydrogens (tertiary/aromatic N) is 2. The number of carbonyl (C=O) groups excluding carboxylic acids is 2. The maximum absolute atomic E-state index is 12.9. The van der Waals surface area contributed by atoms with Crippen molar-refractivity contribution in [1.82, 2.24) is 10.2 Å². The van der Waals surface area contributed by atoms with E-state index in [1.165, 1.54) is 19.3 Å². The van der Waals surface area contributed by atoms with Gasteiger partial charge in [0, 0.05) is 19.5 Å². The number of hydrogen-bond donors (Lipinski definition) is 1. The number of ether oxygens (including phenoxy) is 1. The lowest BCUT2D eigenvalue weighted by Crippen LogP contribution is -2.48. The highest BCUT2D eigenvalue weighted by Gasteiger charge is 2.53. The summed E-state index contributed by atoms with van der Waals surface area (Å²) >= 11 is 0. The van der Waals surface area contributed by atoms with Crippen LogP contribution < -0.4 is 5.32 Å². The number of rotatable bonds is 6. The molecule has 138 valence electrons. The van der Waals surface area contributed by atoms with Gasteiger partial charge in [0.1, 0.15) is 0 Å². The predicted octanol–water partition coefficient (Wildman–Crippen LogP) is 2.20. The van der Waals surface area contributed by atoms with Crippen LogP contribution in [0.1, 0.15) is 57.8 Å². The van der Waals surface area contributed by atoms with Crippen molar-refractivity contribution in [3.8, 4) is 6.19 Å². The third-order valence-electron chi connectivity index (χ3n) is 6.19. The molecule has 2 amide bonds. The van der Waals surface area contributed by atoms with Crippen LogP contribution in [-0.4, -0.2) is 43.0 Å². The molecule has 1 aliphatic heterocycles. The van der Waals surface area contributed by atoms with Crippen molar-refractivity contribution in [2.45, 2.75) is 57.8 Å². The third-order valence-corrected chi connectivity index (χ3v) is 6.19. The SMILES string of the molecule is N#CNC(=O)C(CC(=O)N1CCOCC1)(CC1CCCCC1)C1CC1. The molecule has 2 aliphatic carbocycles. The molecule has 3 fully saturated rings. The van der Waals surface area contributed by atoms with E-state index in [-0.39, 0.29) is 24.2 Å². The lowest BCUT2D eigenvalue weighted by molar-refractivity contribution is -0.145. The van der Waals surface area contributed by atoms with Gasteiger partial charge in [0.25, 0.3) is 0 Å². The summed E-state index contributed by atoms with van der Waals surface area (Å²) < 4.78 is 5.33. The monoisotopic (exact) mass is 347 g/mol. The molecule has 1 heterocycles. The van der Waals surface area contributed by atoms with Gasteiger partial charge < -0.3 is 9.64 Å². The Morgan fingerprint density at radius 2 is 1.80 bits per heavy atom. The fraction of sp³-hybridized carbons (Fsp3) is 0.842. The van der Waals surface area contributed by atoms with E-state index in [0.717, 1.165) is 32.1 Å². The molecule has 3 rings (SSSR count). The predicted molar refractivity (Wildman–Crippen MR) is 92.1 cm³/mol. The van der Waals surface area contributed by atoms with Crippen molar-refractivity contribution in [3.63, 3.8) is 0 Å². The molecule has 3 aliphatic rings. The first-order chi connectivity index (χ1) is 12.2. The van der Waals surface area contributed by atoms with Gasteiger partial charge in [-0.1, -0.05) is 32.1 Å². The molecule has 1 unspecified atom stereocenters. The first-order valence-electron chi connectivity index (χ1n) is 9.71. The number of amides is 2. The first kappa shape index (κ1) is 18.2. The lowest BCUT2D eigenvalue weighted by atomic mass is 9.68. The summed E-state index contributed by atoms with van der Waals surface area (Å²) in [4.78, 5) is 27.6. The standard InChI is InChI=1S/C19H29N3O3/c20-14-21-18(24)19(16-6-7-16,12-15-4-2-1-3-5-15)13-17(23)22-8-10-25-11-9-22/h15-16H,1-13H2,(H,21,24). The van der Waals surface area contributed by atoms with Crippen molar-refractivity contribution in [2.24, 2.45) is 17.3 Å². The Morgan fingerprint density at radius 3 is 2.40 bits per heavy atom. The molecule has 0 spiro atoms. The van der Waals surface area contributed by atoms with Gasteiger partial charge in [0.05, 0.1) is 18.6 Å². The molecule has 6 nitrogen and oxygen atoms in total. The van der Waals surface area contributed by atoms with Crippen LogP contribution in [0, 0.1) is 28.7 Å². The van der Waals surface area contributed by atoms with E-state index in [1.54, 1.807) is 6.19 Å². The Balaban J connectivity index is 1.77. The highest BCUT2D eigenvalue weighted by Crippen LogP contribution is 2.53. The highest BCUT2D eigenvalue weighted by atomic mass is 16.5. The van der Waals surface area contributed by atoms with E-state index in [1.807, 2.05) is 4.90 Å². The van der Waals surface area contributed by atoms with Crippen LogP contribution in [0.2, 0.25) is 0 Å². The molecule has 1 atom stereocenters. The van der Waals surface area contributed by atoms with E-state index in [0.29, 0.717) is 32.2 Å². The van der Waals surface area contributed by atoms with Crippen LogP contribution in [0.15, 0.2) is 0 Å². The lowest BCUT2D eigenvalue weighted by Gasteiger charge is -2.38. The van der Waals surface area contributed by atoms with Gasteiger partial charge in [0.2, 0.25) is 11.8 Å². The zero-order valence-corrected chi connectivity index (χ0v) is 15.0. The van der Waals surface area contributed by atoms with Crippen LogP contribution in [0.4, 0.5) is 0 Å². The summed E-state index contributed by atoms with van der Waals surface area (Å²) in [6.07, 6.45) is 10.7. The quantitative estimate of drug-likeness (QED) is 0.590. The normalized spacial score (nSPS) is 24.2. The van der Waals surface area contributed by atoms with Crippen LogP contribution in [0.5, 0.6) is 0 Å². The Labute approximate surface area is 149 Å². The van der Waals surface area contributed by atoms with Crippen molar-refractivity contribution in [1.29, 1.82) is 5.26 Å². The summed E-state index contributed by atoms with van der Waals surface area (Å²) in [6.45, 7) is 2.33. The van der Waals surface area contributed by atoms with Gasteiger partial charge in [-0.05, 0) is 31.1 Å². The van der Waals surface area contributed by atoms with Gasteiger partial charge in [-0.15, -0.1) is 0 Å². The Kier molecular flexibility index (Phi) is 5.95. The topological polar surface area (TPSA) is 82.4 Å². The first-order valence-corrected chi connectivity index (χ1v) is 9.71. The summed E-state index contributed by atoms with van der Waals surface area (Å²) in [7, 11) is 0. The molecule has 0 aromatic rings. The summed E-state index contributed by atoms with van der Waals surface area (Å²) in [5.41, 5.74) is -0.701. The molecule has 0 bridgehead atoms. The highest BCUT2D eigenvalue weighted by molar-refractivity contribution is 5.90. The van der Waals surface area contributed by atoms with E-state index >= 15 is 0 Å². The average molecular weight is 347 g/mol. The van der Waals surface area contributed by atoms with Crippen molar-refractivity contribution in [3.05, 3.63) is 0 Å². The van der Waals surface area contributed by atoms with Gasteiger partial charge in [-0.25, -0.2) is 0 Å². The van der Waals surface area contributed by atoms with E-state index in [9.17, 15) is 9.59 Å². The van der Waals surface area contributed by atoms with Crippen molar-refractivity contribution >= 4 is 11.8 Å². The molecule has 25 heavy (non-hydrogen) atoms. The van der Waals surface area contributed by atoms with Gasteiger partial charge in [0.15, 0.2) is 6.19 Å². The minimum atomic E-state index is -0.701. The van der Waals surface area contributed by atoms with Crippen molar-refractivity contribution in [2.75, 3.05) is 26.3 Å². The summed E-state index contributed by atoms with van der Waals surface area (Å²) in [6, 6.07) is 0. The molecule has 0 aromatic carbocycles. The minimum absolute atomic E-state index is 0.0408. The number of morpholine rings is 1. The van der Waals surface area contributed by atoms with Crippen LogP contribution in [0.3, 0.4) is 0 Å². The molecule has 1 saturated heterocycles. The van der Waals surface area contributed by atoms with Gasteiger partial charge in [-0.3, -0.25) is 14.9 Å². The van der Waals surface area contributed by atoms with Crippen molar-refractivity contribution < 1.29 is 14.3 Å². The van der Waals surface area contributed by atoms with E-state index < -0.39 is 5.41 Å². The molecule has 1 N–H and O–H groups in total. The van der Waals surface area contributed by atoms with Crippen LogP contribution >= 0.6 is 0 Å². The second-order valence-corrected chi connectivity index (χ2v) is 7.87. The number of nitriles is 1. The second-order valence-electron chi connectivity index (χ2n) is 7.87. The number of carbonyl (C=O) groups is 2. The average Bonchev–Trinajstić information content (AvgIpc) is 3.48. The zero-order chi connectivity index (χ0) is 17.7. The fourth-order valence-electron chi connectivity index (χ4n) is 4.65. The maximum atomic E-state index is 12.9. The molecule has 0 radical (unpaired) electrons. The third kappa shape index (κ3) is 4.33. The molecule has 0 aromatic heterocycles. The number of hydrogen-bond acceptors (Lipinski definition) is 4. The Hall–Kier alpha value is -1.61. The molecular weight excluding hydrogens is 318 g/mol. The van der Waals surface area contributed by atoms with E-state index in [2.05, 4.69) is 5.32 Å². The van der Waals surface area contributed by atoms with Gasteiger partial charge >= 0.3 is 0 Å². The van der Waals surface area contributed by atoms with Gasteiger partial charge in [-0.2, -0.15) is 5.26 Å². The van der Waals surface area contributed by atoms with E-state index in [4.69, 9.17) is 10.00 Å². The Bertz CT molecular complexity index is 529. The minimum Gasteiger partial charge on any atom is -0.378 e. The Morgan fingerprint density at radius 1 is 1.12 bits per heavy atom. The second kappa shape index (κ2) is 8.18. The number of nitrogens with one attached hydrogen (secondary N) is 1.